The molecule has 0 aliphatic carbocycles. The van der Waals surface area contributed by atoms with E-state index in [1.165, 1.54) is 17.5 Å². The molecule has 0 saturated carbocycles. The molecule has 2 heterocycles. The molecule has 2 N–H and O–H groups in total. The summed E-state index contributed by atoms with van der Waals surface area (Å²) in [6.07, 6.45) is 2.41. The molecule has 5 heteroatoms. The number of anilines is 2. The first-order valence-electron chi connectivity index (χ1n) is 6.78. The minimum absolute atomic E-state index is 0.470. The maximum absolute atomic E-state index is 5.81. The highest BCUT2D eigenvalue weighted by Crippen LogP contribution is 2.34. The number of nitrogen functional groups attached to an aromatic ring is 1. The third kappa shape index (κ3) is 2.53. The molecule has 2 aromatic rings. The first-order chi connectivity index (χ1) is 9.28. The van der Waals surface area contributed by atoms with E-state index in [1.54, 1.807) is 11.3 Å². The highest BCUT2D eigenvalue weighted by Gasteiger charge is 2.27. The Morgan fingerprint density at radius 2 is 2.42 bits per heavy atom. The number of nitrogens with two attached hydrogens (primary N) is 1. The van der Waals surface area contributed by atoms with Crippen molar-refractivity contribution in [3.8, 4) is 0 Å². The Bertz CT molecular complexity index is 569. The van der Waals surface area contributed by atoms with E-state index in [2.05, 4.69) is 11.0 Å². The lowest BCUT2D eigenvalue weighted by atomic mass is 10.2. The second kappa shape index (κ2) is 5.35. The SMILES string of the molecule is CCOCC1CCCN1c1nc2cc(N)ccc2s1. The zero-order valence-electron chi connectivity index (χ0n) is 11.1. The Labute approximate surface area is 117 Å². The van der Waals surface area contributed by atoms with Gasteiger partial charge in [0.15, 0.2) is 5.13 Å². The van der Waals surface area contributed by atoms with Crippen molar-refractivity contribution in [2.24, 2.45) is 0 Å². The number of hydrogen-bond donors (Lipinski definition) is 1. The molecular formula is C14H19N3OS. The van der Waals surface area contributed by atoms with Crippen LogP contribution >= 0.6 is 11.3 Å². The number of rotatable bonds is 4. The summed E-state index contributed by atoms with van der Waals surface area (Å²) in [6, 6.07) is 6.41. The predicted molar refractivity (Wildman–Crippen MR) is 80.9 cm³/mol. The van der Waals surface area contributed by atoms with Gasteiger partial charge in [0.05, 0.1) is 22.9 Å². The van der Waals surface area contributed by atoms with Crippen LogP contribution < -0.4 is 10.6 Å². The number of nitrogens with zero attached hydrogens (tertiary/aromatic N) is 2. The van der Waals surface area contributed by atoms with Gasteiger partial charge in [-0.3, -0.25) is 0 Å². The number of fused-ring (bicyclic) bond motifs is 1. The van der Waals surface area contributed by atoms with Crippen molar-refractivity contribution in [2.45, 2.75) is 25.8 Å². The predicted octanol–water partition coefficient (Wildman–Crippen LogP) is 2.88. The summed E-state index contributed by atoms with van der Waals surface area (Å²) < 4.78 is 6.78. The molecule has 1 aliphatic rings. The zero-order valence-corrected chi connectivity index (χ0v) is 11.9. The minimum Gasteiger partial charge on any atom is -0.399 e. The van der Waals surface area contributed by atoms with Crippen molar-refractivity contribution in [3.05, 3.63) is 18.2 Å². The molecule has 0 radical (unpaired) electrons. The Balaban J connectivity index is 1.86. The van der Waals surface area contributed by atoms with E-state index in [0.717, 1.165) is 36.1 Å². The van der Waals surface area contributed by atoms with Crippen LogP contribution in [-0.2, 0) is 4.74 Å². The average Bonchev–Trinajstić information content (AvgIpc) is 3.01. The van der Waals surface area contributed by atoms with Crippen molar-refractivity contribution in [2.75, 3.05) is 30.4 Å². The van der Waals surface area contributed by atoms with Gasteiger partial charge in [-0.2, -0.15) is 0 Å². The standard InChI is InChI=1S/C14H19N3OS/c1-2-18-9-11-4-3-7-17(11)14-16-12-8-10(15)5-6-13(12)19-14/h5-6,8,11H,2-4,7,9,15H2,1H3. The smallest absolute Gasteiger partial charge is 0.186 e. The van der Waals surface area contributed by atoms with E-state index in [-0.39, 0.29) is 0 Å². The van der Waals surface area contributed by atoms with Gasteiger partial charge in [0.2, 0.25) is 0 Å². The number of benzene rings is 1. The Morgan fingerprint density at radius 1 is 1.53 bits per heavy atom. The van der Waals surface area contributed by atoms with Crippen molar-refractivity contribution in [3.63, 3.8) is 0 Å². The second-order valence-electron chi connectivity index (χ2n) is 4.87. The van der Waals surface area contributed by atoms with Crippen molar-refractivity contribution >= 4 is 32.4 Å². The molecule has 0 spiro atoms. The normalized spacial score (nSPS) is 19.4. The van der Waals surface area contributed by atoms with Gasteiger partial charge in [-0.25, -0.2) is 4.98 Å². The van der Waals surface area contributed by atoms with Crippen molar-refractivity contribution in [1.29, 1.82) is 0 Å². The van der Waals surface area contributed by atoms with E-state index in [4.69, 9.17) is 15.5 Å². The van der Waals surface area contributed by atoms with Gasteiger partial charge in [0.1, 0.15) is 0 Å². The lowest BCUT2D eigenvalue weighted by Gasteiger charge is -2.23. The van der Waals surface area contributed by atoms with Crippen LogP contribution in [0.2, 0.25) is 0 Å². The van der Waals surface area contributed by atoms with Crippen LogP contribution in [0, 0.1) is 0 Å². The Morgan fingerprint density at radius 3 is 3.26 bits per heavy atom. The fraction of sp³-hybridized carbons (Fsp3) is 0.500. The molecule has 102 valence electrons. The van der Waals surface area contributed by atoms with E-state index in [1.807, 2.05) is 19.1 Å². The van der Waals surface area contributed by atoms with Gasteiger partial charge in [-0.15, -0.1) is 0 Å². The Kier molecular flexibility index (Phi) is 3.57. The zero-order chi connectivity index (χ0) is 13.2. The minimum atomic E-state index is 0.470. The molecule has 0 bridgehead atoms. The van der Waals surface area contributed by atoms with Gasteiger partial charge in [-0.05, 0) is 38.0 Å². The highest BCUT2D eigenvalue weighted by atomic mass is 32.1. The third-order valence-corrected chi connectivity index (χ3v) is 4.61. The number of hydrogen-bond acceptors (Lipinski definition) is 5. The van der Waals surface area contributed by atoms with E-state index < -0.39 is 0 Å². The van der Waals surface area contributed by atoms with Gasteiger partial charge in [0.25, 0.3) is 0 Å². The van der Waals surface area contributed by atoms with Crippen LogP contribution in [0.1, 0.15) is 19.8 Å². The summed E-state index contributed by atoms with van der Waals surface area (Å²) in [4.78, 5) is 7.11. The third-order valence-electron chi connectivity index (χ3n) is 3.54. The molecule has 1 atom stereocenters. The first kappa shape index (κ1) is 12.7. The lowest BCUT2D eigenvalue weighted by molar-refractivity contribution is 0.134. The van der Waals surface area contributed by atoms with Crippen molar-refractivity contribution < 1.29 is 4.74 Å². The van der Waals surface area contributed by atoms with Crippen molar-refractivity contribution in [1.82, 2.24) is 4.98 Å². The van der Waals surface area contributed by atoms with Crippen LogP contribution in [-0.4, -0.2) is 30.8 Å². The second-order valence-corrected chi connectivity index (χ2v) is 5.88. The monoisotopic (exact) mass is 277 g/mol. The number of thiazole rings is 1. The summed E-state index contributed by atoms with van der Waals surface area (Å²) in [5.74, 6) is 0. The molecule has 1 aliphatic heterocycles. The Hall–Kier alpha value is -1.33. The fourth-order valence-corrected chi connectivity index (χ4v) is 3.61. The lowest BCUT2D eigenvalue weighted by Crippen LogP contribution is -2.33. The quantitative estimate of drug-likeness (QED) is 0.873. The average molecular weight is 277 g/mol. The molecule has 0 amide bonds. The molecule has 1 saturated heterocycles. The summed E-state index contributed by atoms with van der Waals surface area (Å²) in [7, 11) is 0. The topological polar surface area (TPSA) is 51.4 Å². The maximum Gasteiger partial charge on any atom is 0.186 e. The summed E-state index contributed by atoms with van der Waals surface area (Å²) in [5.41, 5.74) is 7.59. The van der Waals surface area contributed by atoms with Crippen LogP contribution in [0.5, 0.6) is 0 Å². The molecule has 1 unspecified atom stereocenters. The molecular weight excluding hydrogens is 258 g/mol. The molecule has 1 aromatic carbocycles. The van der Waals surface area contributed by atoms with E-state index >= 15 is 0 Å². The number of ether oxygens (including phenoxy) is 1. The van der Waals surface area contributed by atoms with E-state index in [9.17, 15) is 0 Å². The van der Waals surface area contributed by atoms with Crippen LogP contribution in [0.25, 0.3) is 10.2 Å². The van der Waals surface area contributed by atoms with Gasteiger partial charge in [0, 0.05) is 18.8 Å². The van der Waals surface area contributed by atoms with Gasteiger partial charge in [-0.1, -0.05) is 11.3 Å². The molecule has 1 aromatic heterocycles. The number of aromatic nitrogens is 1. The summed E-state index contributed by atoms with van der Waals surface area (Å²) >= 11 is 1.74. The fourth-order valence-electron chi connectivity index (χ4n) is 2.57. The summed E-state index contributed by atoms with van der Waals surface area (Å²) in [5, 5.41) is 1.10. The van der Waals surface area contributed by atoms with Gasteiger partial charge < -0.3 is 15.4 Å². The molecule has 1 fully saturated rings. The van der Waals surface area contributed by atoms with Crippen LogP contribution in [0.3, 0.4) is 0 Å². The largest absolute Gasteiger partial charge is 0.399 e. The highest BCUT2D eigenvalue weighted by molar-refractivity contribution is 7.22. The van der Waals surface area contributed by atoms with Crippen LogP contribution in [0.15, 0.2) is 18.2 Å². The molecule has 19 heavy (non-hydrogen) atoms. The summed E-state index contributed by atoms with van der Waals surface area (Å²) in [6.45, 7) is 4.70. The maximum atomic E-state index is 5.81. The first-order valence-corrected chi connectivity index (χ1v) is 7.60. The van der Waals surface area contributed by atoms with Crippen LogP contribution in [0.4, 0.5) is 10.8 Å². The molecule has 3 rings (SSSR count). The van der Waals surface area contributed by atoms with Gasteiger partial charge >= 0.3 is 0 Å². The molecule has 4 nitrogen and oxygen atoms in total. The van der Waals surface area contributed by atoms with E-state index in [0.29, 0.717) is 6.04 Å².